The minimum Gasteiger partial charge on any atom is -0.381 e. The number of hydrogen-bond donors (Lipinski definition) is 1. The molecule has 1 N–H and O–H groups in total. The van der Waals surface area contributed by atoms with Crippen LogP contribution >= 0.6 is 0 Å². The third-order valence-corrected chi connectivity index (χ3v) is 4.14. The fourth-order valence-corrected chi connectivity index (χ4v) is 3.20. The van der Waals surface area contributed by atoms with Crippen LogP contribution in [0, 0.1) is 11.8 Å². The highest BCUT2D eigenvalue weighted by Gasteiger charge is 2.34. The summed E-state index contributed by atoms with van der Waals surface area (Å²) in [6.45, 7) is 8.39. The molecule has 0 radical (unpaired) electrons. The largest absolute Gasteiger partial charge is 0.381 e. The molecule has 17 heavy (non-hydrogen) atoms. The second kappa shape index (κ2) is 6.72. The molecule has 0 saturated carbocycles. The Balaban J connectivity index is 1.91. The van der Waals surface area contributed by atoms with Gasteiger partial charge in [0.2, 0.25) is 0 Å². The predicted molar refractivity (Wildman–Crippen MR) is 69.1 cm³/mol. The van der Waals surface area contributed by atoms with Crippen LogP contribution in [0.25, 0.3) is 0 Å². The van der Waals surface area contributed by atoms with E-state index in [9.17, 15) is 0 Å². The summed E-state index contributed by atoms with van der Waals surface area (Å²) in [5, 5.41) is 3.77. The molecule has 3 nitrogen and oxygen atoms in total. The van der Waals surface area contributed by atoms with Crippen molar-refractivity contribution in [1.82, 2.24) is 5.32 Å². The molecule has 3 heteroatoms. The molecule has 0 aromatic heterocycles. The second-order valence-corrected chi connectivity index (χ2v) is 5.57. The van der Waals surface area contributed by atoms with E-state index in [0.717, 1.165) is 32.3 Å². The van der Waals surface area contributed by atoms with Crippen LogP contribution in [-0.4, -0.2) is 38.5 Å². The molecule has 3 unspecified atom stereocenters. The van der Waals surface area contributed by atoms with Crippen LogP contribution in [0.5, 0.6) is 0 Å². The van der Waals surface area contributed by atoms with E-state index in [1.54, 1.807) is 0 Å². The zero-order chi connectivity index (χ0) is 12.1. The van der Waals surface area contributed by atoms with Crippen LogP contribution in [0.15, 0.2) is 0 Å². The lowest BCUT2D eigenvalue weighted by atomic mass is 9.82. The molecule has 2 rings (SSSR count). The molecule has 0 aliphatic carbocycles. The molecule has 0 aromatic carbocycles. The highest BCUT2D eigenvalue weighted by Crippen LogP contribution is 2.30. The summed E-state index contributed by atoms with van der Waals surface area (Å²) in [7, 11) is 0. The quantitative estimate of drug-likeness (QED) is 0.800. The first-order chi connectivity index (χ1) is 8.31. The van der Waals surface area contributed by atoms with Gasteiger partial charge in [0.05, 0.1) is 12.7 Å². The van der Waals surface area contributed by atoms with Gasteiger partial charge in [-0.05, 0) is 45.1 Å². The summed E-state index contributed by atoms with van der Waals surface area (Å²) >= 11 is 0. The van der Waals surface area contributed by atoms with E-state index in [2.05, 4.69) is 19.2 Å². The summed E-state index contributed by atoms with van der Waals surface area (Å²) in [5.74, 6) is 1.49. The highest BCUT2D eigenvalue weighted by atomic mass is 16.5. The van der Waals surface area contributed by atoms with Gasteiger partial charge in [-0.2, -0.15) is 0 Å². The van der Waals surface area contributed by atoms with Gasteiger partial charge in [0, 0.05) is 25.2 Å². The Bertz CT molecular complexity index is 212. The van der Waals surface area contributed by atoms with Gasteiger partial charge in [0.15, 0.2) is 0 Å². The Hall–Kier alpha value is -0.120. The van der Waals surface area contributed by atoms with Crippen molar-refractivity contribution in [3.63, 3.8) is 0 Å². The van der Waals surface area contributed by atoms with Crippen molar-refractivity contribution >= 4 is 0 Å². The molecule has 2 aliphatic rings. The van der Waals surface area contributed by atoms with Crippen LogP contribution in [0.3, 0.4) is 0 Å². The van der Waals surface area contributed by atoms with Crippen molar-refractivity contribution in [3.05, 3.63) is 0 Å². The van der Waals surface area contributed by atoms with Crippen molar-refractivity contribution in [2.45, 2.75) is 51.7 Å². The molecule has 2 saturated heterocycles. The number of ether oxygens (including phenoxy) is 2. The van der Waals surface area contributed by atoms with Gasteiger partial charge in [0.25, 0.3) is 0 Å². The maximum Gasteiger partial charge on any atom is 0.0551 e. The van der Waals surface area contributed by atoms with E-state index >= 15 is 0 Å². The van der Waals surface area contributed by atoms with Gasteiger partial charge >= 0.3 is 0 Å². The summed E-state index contributed by atoms with van der Waals surface area (Å²) < 4.78 is 11.2. The Morgan fingerprint density at radius 2 is 2.00 bits per heavy atom. The topological polar surface area (TPSA) is 30.5 Å². The number of nitrogens with one attached hydrogen (secondary N) is 1. The average Bonchev–Trinajstić information content (AvgIpc) is 2.78. The minimum atomic E-state index is 0.450. The molecular weight excluding hydrogens is 214 g/mol. The molecule has 2 aliphatic heterocycles. The lowest BCUT2D eigenvalue weighted by Gasteiger charge is -2.34. The van der Waals surface area contributed by atoms with Crippen LogP contribution in [0.4, 0.5) is 0 Å². The molecule has 2 fully saturated rings. The zero-order valence-corrected chi connectivity index (χ0v) is 11.3. The van der Waals surface area contributed by atoms with Crippen molar-refractivity contribution in [3.8, 4) is 0 Å². The van der Waals surface area contributed by atoms with Gasteiger partial charge in [-0.3, -0.25) is 0 Å². The molecule has 0 bridgehead atoms. The van der Waals surface area contributed by atoms with E-state index in [-0.39, 0.29) is 0 Å². The van der Waals surface area contributed by atoms with E-state index in [1.807, 2.05) is 0 Å². The van der Waals surface area contributed by atoms with E-state index < -0.39 is 0 Å². The van der Waals surface area contributed by atoms with Gasteiger partial charge < -0.3 is 14.8 Å². The Kier molecular flexibility index (Phi) is 5.26. The number of rotatable bonds is 5. The SMILES string of the molecule is CCCNC(C1CCOCC1)C1COC(C)C1. The predicted octanol–water partition coefficient (Wildman–Crippen LogP) is 2.21. The summed E-state index contributed by atoms with van der Waals surface area (Å²) in [6, 6.07) is 0.642. The van der Waals surface area contributed by atoms with Gasteiger partial charge in [0.1, 0.15) is 0 Å². The normalized spacial score (nSPS) is 32.8. The van der Waals surface area contributed by atoms with Crippen LogP contribution in [0.2, 0.25) is 0 Å². The van der Waals surface area contributed by atoms with Crippen LogP contribution in [0.1, 0.15) is 39.5 Å². The molecular formula is C14H27NO2. The molecule has 2 heterocycles. The lowest BCUT2D eigenvalue weighted by Crippen LogP contribution is -2.45. The summed E-state index contributed by atoms with van der Waals surface area (Å²) in [6.07, 6.45) is 5.31. The van der Waals surface area contributed by atoms with Gasteiger partial charge in [-0.25, -0.2) is 0 Å². The zero-order valence-electron chi connectivity index (χ0n) is 11.3. The van der Waals surface area contributed by atoms with Crippen LogP contribution < -0.4 is 5.32 Å². The van der Waals surface area contributed by atoms with Crippen molar-refractivity contribution < 1.29 is 9.47 Å². The van der Waals surface area contributed by atoms with Crippen molar-refractivity contribution in [1.29, 1.82) is 0 Å². The molecule has 0 spiro atoms. The lowest BCUT2D eigenvalue weighted by molar-refractivity contribution is 0.0420. The van der Waals surface area contributed by atoms with E-state index in [4.69, 9.17) is 9.47 Å². The van der Waals surface area contributed by atoms with Crippen molar-refractivity contribution in [2.75, 3.05) is 26.4 Å². The van der Waals surface area contributed by atoms with E-state index in [0.29, 0.717) is 18.1 Å². The van der Waals surface area contributed by atoms with E-state index in [1.165, 1.54) is 25.7 Å². The first kappa shape index (κ1) is 13.3. The van der Waals surface area contributed by atoms with Gasteiger partial charge in [-0.1, -0.05) is 6.92 Å². The Morgan fingerprint density at radius 3 is 2.59 bits per heavy atom. The second-order valence-electron chi connectivity index (χ2n) is 5.57. The fourth-order valence-electron chi connectivity index (χ4n) is 3.20. The van der Waals surface area contributed by atoms with Gasteiger partial charge in [-0.15, -0.1) is 0 Å². The summed E-state index contributed by atoms with van der Waals surface area (Å²) in [5.41, 5.74) is 0. The first-order valence-corrected chi connectivity index (χ1v) is 7.24. The standard InChI is InChI=1S/C14H27NO2/c1-3-6-15-14(12-4-7-16-8-5-12)13-9-11(2)17-10-13/h11-15H,3-10H2,1-2H3. The van der Waals surface area contributed by atoms with Crippen molar-refractivity contribution in [2.24, 2.45) is 11.8 Å². The number of hydrogen-bond acceptors (Lipinski definition) is 3. The highest BCUT2D eigenvalue weighted by molar-refractivity contribution is 4.88. The third kappa shape index (κ3) is 3.67. The molecule has 0 amide bonds. The molecule has 3 atom stereocenters. The third-order valence-electron chi connectivity index (χ3n) is 4.14. The molecule has 100 valence electrons. The smallest absolute Gasteiger partial charge is 0.0551 e. The Morgan fingerprint density at radius 1 is 1.24 bits per heavy atom. The first-order valence-electron chi connectivity index (χ1n) is 7.24. The minimum absolute atomic E-state index is 0.450. The molecule has 0 aromatic rings. The Labute approximate surface area is 105 Å². The average molecular weight is 241 g/mol. The maximum absolute atomic E-state index is 5.75. The summed E-state index contributed by atoms with van der Waals surface area (Å²) in [4.78, 5) is 0. The monoisotopic (exact) mass is 241 g/mol. The van der Waals surface area contributed by atoms with Crippen LogP contribution in [-0.2, 0) is 9.47 Å². The maximum atomic E-state index is 5.75. The fraction of sp³-hybridized carbons (Fsp3) is 1.00.